The zero-order valence-corrected chi connectivity index (χ0v) is 8.81. The van der Waals surface area contributed by atoms with Gasteiger partial charge in [0.05, 0.1) is 13.2 Å². The van der Waals surface area contributed by atoms with Gasteiger partial charge < -0.3 is 10.5 Å². The van der Waals surface area contributed by atoms with E-state index in [2.05, 4.69) is 23.2 Å². The molecule has 0 unspecified atom stereocenters. The van der Waals surface area contributed by atoms with Gasteiger partial charge in [0.15, 0.2) is 0 Å². The molecule has 1 aliphatic heterocycles. The lowest BCUT2D eigenvalue weighted by Crippen LogP contribution is -1.92. The maximum atomic E-state index is 5.93. The predicted molar refractivity (Wildman–Crippen MR) is 62.6 cm³/mol. The summed E-state index contributed by atoms with van der Waals surface area (Å²) in [5, 5.41) is 0. The first-order chi connectivity index (χ1) is 7.84. The van der Waals surface area contributed by atoms with Crippen molar-refractivity contribution >= 4 is 5.69 Å². The number of benzene rings is 1. The molecule has 0 atom stereocenters. The number of fused-ring (bicyclic) bond motifs is 1. The van der Waals surface area contributed by atoms with Gasteiger partial charge in [-0.3, -0.25) is 4.98 Å². The summed E-state index contributed by atoms with van der Waals surface area (Å²) in [4.78, 5) is 4.10. The molecule has 2 heterocycles. The highest BCUT2D eigenvalue weighted by Gasteiger charge is 2.12. The van der Waals surface area contributed by atoms with Gasteiger partial charge in [-0.1, -0.05) is 12.1 Å². The number of aromatic nitrogens is 1. The SMILES string of the molecule is Nc1ccncc1-c1ccc2c(c1)COC2. The summed E-state index contributed by atoms with van der Waals surface area (Å²) in [5.41, 5.74) is 11.3. The molecule has 16 heavy (non-hydrogen) atoms. The number of nitrogen functional groups attached to an aromatic ring is 1. The predicted octanol–water partition coefficient (Wildman–Crippen LogP) is 2.36. The summed E-state index contributed by atoms with van der Waals surface area (Å²) in [6.45, 7) is 1.42. The van der Waals surface area contributed by atoms with Crippen LogP contribution in [0.25, 0.3) is 11.1 Å². The molecule has 1 aromatic heterocycles. The van der Waals surface area contributed by atoms with E-state index < -0.39 is 0 Å². The zero-order valence-electron chi connectivity index (χ0n) is 8.81. The highest BCUT2D eigenvalue weighted by Crippen LogP contribution is 2.29. The molecule has 0 saturated heterocycles. The lowest BCUT2D eigenvalue weighted by atomic mass is 10.0. The van der Waals surface area contributed by atoms with Crippen LogP contribution >= 0.6 is 0 Å². The zero-order chi connectivity index (χ0) is 11.0. The van der Waals surface area contributed by atoms with E-state index in [0.717, 1.165) is 23.4 Å². The van der Waals surface area contributed by atoms with E-state index in [4.69, 9.17) is 10.5 Å². The number of rotatable bonds is 1. The largest absolute Gasteiger partial charge is 0.398 e. The van der Waals surface area contributed by atoms with Crippen molar-refractivity contribution in [3.8, 4) is 11.1 Å². The number of nitrogens with two attached hydrogens (primary N) is 1. The van der Waals surface area contributed by atoms with E-state index >= 15 is 0 Å². The fourth-order valence-electron chi connectivity index (χ4n) is 1.99. The van der Waals surface area contributed by atoms with Crippen LogP contribution < -0.4 is 5.73 Å². The first-order valence-corrected chi connectivity index (χ1v) is 5.24. The Labute approximate surface area is 93.9 Å². The second kappa shape index (κ2) is 3.61. The monoisotopic (exact) mass is 212 g/mol. The molecule has 0 saturated carbocycles. The lowest BCUT2D eigenvalue weighted by molar-refractivity contribution is 0.134. The van der Waals surface area contributed by atoms with Crippen LogP contribution in [0.4, 0.5) is 5.69 Å². The minimum absolute atomic E-state index is 0.698. The minimum Gasteiger partial charge on any atom is -0.398 e. The molecule has 0 fully saturated rings. The van der Waals surface area contributed by atoms with Gasteiger partial charge in [-0.05, 0) is 28.8 Å². The summed E-state index contributed by atoms with van der Waals surface area (Å²) in [5.74, 6) is 0. The Balaban J connectivity index is 2.11. The van der Waals surface area contributed by atoms with Gasteiger partial charge in [0.2, 0.25) is 0 Å². The molecule has 3 nitrogen and oxygen atoms in total. The second-order valence-electron chi connectivity index (χ2n) is 3.94. The molecule has 0 amide bonds. The van der Waals surface area contributed by atoms with Gasteiger partial charge in [0, 0.05) is 23.6 Å². The fourth-order valence-corrected chi connectivity index (χ4v) is 1.99. The molecular weight excluding hydrogens is 200 g/mol. The van der Waals surface area contributed by atoms with Crippen LogP contribution in [-0.4, -0.2) is 4.98 Å². The van der Waals surface area contributed by atoms with E-state index in [1.165, 1.54) is 11.1 Å². The first-order valence-electron chi connectivity index (χ1n) is 5.24. The van der Waals surface area contributed by atoms with Crippen LogP contribution in [0, 0.1) is 0 Å². The van der Waals surface area contributed by atoms with Gasteiger partial charge in [-0.15, -0.1) is 0 Å². The molecule has 3 heteroatoms. The molecule has 1 aromatic carbocycles. The van der Waals surface area contributed by atoms with Crippen molar-refractivity contribution < 1.29 is 4.74 Å². The van der Waals surface area contributed by atoms with Crippen molar-refractivity contribution in [2.75, 3.05) is 5.73 Å². The van der Waals surface area contributed by atoms with Crippen molar-refractivity contribution in [1.82, 2.24) is 4.98 Å². The maximum Gasteiger partial charge on any atom is 0.0725 e. The third-order valence-electron chi connectivity index (χ3n) is 2.89. The van der Waals surface area contributed by atoms with Crippen molar-refractivity contribution in [2.24, 2.45) is 0 Å². The summed E-state index contributed by atoms with van der Waals surface area (Å²) in [7, 11) is 0. The number of nitrogens with zero attached hydrogens (tertiary/aromatic N) is 1. The van der Waals surface area contributed by atoms with Crippen molar-refractivity contribution in [1.29, 1.82) is 0 Å². The van der Waals surface area contributed by atoms with E-state index in [0.29, 0.717) is 6.61 Å². The molecule has 2 N–H and O–H groups in total. The Kier molecular flexibility index (Phi) is 2.11. The maximum absolute atomic E-state index is 5.93. The normalized spacial score (nSPS) is 13.8. The number of anilines is 1. The molecule has 3 rings (SSSR count). The minimum atomic E-state index is 0.698. The van der Waals surface area contributed by atoms with Crippen LogP contribution in [0.15, 0.2) is 36.7 Å². The lowest BCUT2D eigenvalue weighted by Gasteiger charge is -2.06. The Morgan fingerprint density at radius 3 is 2.88 bits per heavy atom. The van der Waals surface area contributed by atoms with E-state index in [1.807, 2.05) is 6.07 Å². The van der Waals surface area contributed by atoms with Gasteiger partial charge in [0.25, 0.3) is 0 Å². The smallest absolute Gasteiger partial charge is 0.0725 e. The number of ether oxygens (including phenoxy) is 1. The first kappa shape index (κ1) is 9.36. The average Bonchev–Trinajstić information content (AvgIpc) is 2.76. The third kappa shape index (κ3) is 1.46. The van der Waals surface area contributed by atoms with Crippen LogP contribution in [0.2, 0.25) is 0 Å². The van der Waals surface area contributed by atoms with Crippen LogP contribution in [0.1, 0.15) is 11.1 Å². The van der Waals surface area contributed by atoms with Crippen molar-refractivity contribution in [3.05, 3.63) is 47.8 Å². The molecule has 2 aromatic rings. The highest BCUT2D eigenvalue weighted by molar-refractivity contribution is 5.75. The standard InChI is InChI=1S/C13H12N2O/c14-13-3-4-15-6-12(13)9-1-2-10-7-16-8-11(10)5-9/h1-6H,7-8H2,(H2,14,15). The van der Waals surface area contributed by atoms with Crippen LogP contribution in [0.5, 0.6) is 0 Å². The summed E-state index contributed by atoms with van der Waals surface area (Å²) < 4.78 is 5.39. The Hall–Kier alpha value is -1.87. The van der Waals surface area contributed by atoms with Gasteiger partial charge in [0.1, 0.15) is 0 Å². The van der Waals surface area contributed by atoms with E-state index in [9.17, 15) is 0 Å². The van der Waals surface area contributed by atoms with Crippen LogP contribution in [0.3, 0.4) is 0 Å². The topological polar surface area (TPSA) is 48.1 Å². The Morgan fingerprint density at radius 1 is 1.12 bits per heavy atom. The molecule has 0 radical (unpaired) electrons. The third-order valence-corrected chi connectivity index (χ3v) is 2.89. The molecule has 0 bridgehead atoms. The van der Waals surface area contributed by atoms with Gasteiger partial charge in [-0.25, -0.2) is 0 Å². The second-order valence-corrected chi connectivity index (χ2v) is 3.94. The quantitative estimate of drug-likeness (QED) is 0.789. The molecule has 0 aliphatic carbocycles. The Bertz CT molecular complexity index is 537. The number of pyridine rings is 1. The van der Waals surface area contributed by atoms with Crippen molar-refractivity contribution in [3.63, 3.8) is 0 Å². The Morgan fingerprint density at radius 2 is 2.00 bits per heavy atom. The highest BCUT2D eigenvalue weighted by atomic mass is 16.5. The van der Waals surface area contributed by atoms with Crippen molar-refractivity contribution in [2.45, 2.75) is 13.2 Å². The van der Waals surface area contributed by atoms with Gasteiger partial charge >= 0.3 is 0 Å². The summed E-state index contributed by atoms with van der Waals surface area (Å²) >= 11 is 0. The summed E-state index contributed by atoms with van der Waals surface area (Å²) in [6, 6.07) is 8.12. The van der Waals surface area contributed by atoms with Gasteiger partial charge in [-0.2, -0.15) is 0 Å². The molecule has 1 aliphatic rings. The molecular formula is C13H12N2O. The number of hydrogen-bond acceptors (Lipinski definition) is 3. The fraction of sp³-hybridized carbons (Fsp3) is 0.154. The average molecular weight is 212 g/mol. The van der Waals surface area contributed by atoms with E-state index in [-0.39, 0.29) is 0 Å². The van der Waals surface area contributed by atoms with Crippen LogP contribution in [-0.2, 0) is 18.0 Å². The molecule has 0 spiro atoms. The summed E-state index contributed by atoms with van der Waals surface area (Å²) in [6.07, 6.45) is 3.50. The molecule has 80 valence electrons. The van der Waals surface area contributed by atoms with E-state index in [1.54, 1.807) is 12.4 Å². The number of hydrogen-bond donors (Lipinski definition) is 1.